The Balaban J connectivity index is 2.36. The quantitative estimate of drug-likeness (QED) is 0.702. The Morgan fingerprint density at radius 1 is 1.40 bits per heavy atom. The first kappa shape index (κ1) is 16.8. The van der Waals surface area contributed by atoms with E-state index in [1.54, 1.807) is 26.8 Å². The molecule has 2 aromatic heterocycles. The predicted molar refractivity (Wildman–Crippen MR) is 90.1 cm³/mol. The average molecular weight is 347 g/mol. The standard InChI is InChI=1S/C17H18FN3O4/c1-5-24-17(22)12-9-6-10(23-4)13(11-7(2)21-25-8(11)3)14(18)15(9)20-16(12)19/h6,20H,5,19H2,1-4H3. The van der Waals surface area contributed by atoms with Crippen molar-refractivity contribution in [3.05, 3.63) is 28.9 Å². The minimum absolute atomic E-state index is 0.0327. The molecule has 0 saturated heterocycles. The number of hydrogen-bond acceptors (Lipinski definition) is 6. The number of carbonyl (C=O) groups excluding carboxylic acids is 1. The Kier molecular flexibility index (Phi) is 4.12. The van der Waals surface area contributed by atoms with E-state index in [0.29, 0.717) is 22.4 Å². The predicted octanol–water partition coefficient (Wildman–Crippen LogP) is 3.35. The normalized spacial score (nSPS) is 11.1. The van der Waals surface area contributed by atoms with Crippen LogP contribution in [0, 0.1) is 19.7 Å². The fourth-order valence-corrected chi connectivity index (χ4v) is 2.95. The Morgan fingerprint density at radius 3 is 2.68 bits per heavy atom. The SMILES string of the molecule is CCOC(=O)c1c(N)[nH]c2c(F)c(-c3c(C)noc3C)c(OC)cc12. The molecule has 0 saturated carbocycles. The van der Waals surface area contributed by atoms with E-state index in [1.807, 2.05) is 0 Å². The van der Waals surface area contributed by atoms with E-state index < -0.39 is 11.8 Å². The van der Waals surface area contributed by atoms with Gasteiger partial charge < -0.3 is 24.7 Å². The summed E-state index contributed by atoms with van der Waals surface area (Å²) in [6.45, 7) is 5.26. The van der Waals surface area contributed by atoms with Gasteiger partial charge in [0.15, 0.2) is 5.82 Å². The van der Waals surface area contributed by atoms with Crippen LogP contribution < -0.4 is 10.5 Å². The average Bonchev–Trinajstić information content (AvgIpc) is 3.07. The van der Waals surface area contributed by atoms with E-state index in [9.17, 15) is 4.79 Å². The van der Waals surface area contributed by atoms with Crippen molar-refractivity contribution in [3.8, 4) is 16.9 Å². The summed E-state index contributed by atoms with van der Waals surface area (Å²) in [6.07, 6.45) is 0. The Morgan fingerprint density at radius 2 is 2.12 bits per heavy atom. The molecule has 0 aliphatic rings. The molecule has 0 atom stereocenters. The maximum atomic E-state index is 15.3. The molecule has 0 unspecified atom stereocenters. The number of anilines is 1. The van der Waals surface area contributed by atoms with Crippen LogP contribution in [0.15, 0.2) is 10.6 Å². The summed E-state index contributed by atoms with van der Waals surface area (Å²) in [6, 6.07) is 1.55. The molecule has 7 nitrogen and oxygen atoms in total. The van der Waals surface area contributed by atoms with Gasteiger partial charge in [0.25, 0.3) is 0 Å². The van der Waals surface area contributed by atoms with Crippen molar-refractivity contribution in [3.63, 3.8) is 0 Å². The highest BCUT2D eigenvalue weighted by molar-refractivity contribution is 6.10. The summed E-state index contributed by atoms with van der Waals surface area (Å²) in [7, 11) is 1.42. The zero-order chi connectivity index (χ0) is 18.3. The second-order valence-corrected chi connectivity index (χ2v) is 5.52. The number of nitrogens with two attached hydrogens (primary N) is 1. The summed E-state index contributed by atoms with van der Waals surface area (Å²) >= 11 is 0. The Labute approximate surface area is 142 Å². The van der Waals surface area contributed by atoms with Gasteiger partial charge in [0, 0.05) is 5.39 Å². The lowest BCUT2D eigenvalue weighted by atomic mass is 9.99. The molecular formula is C17H18FN3O4. The van der Waals surface area contributed by atoms with Gasteiger partial charge in [-0.2, -0.15) is 0 Å². The van der Waals surface area contributed by atoms with Crippen LogP contribution in [0.2, 0.25) is 0 Å². The first-order valence-electron chi connectivity index (χ1n) is 7.68. The molecule has 3 N–H and O–H groups in total. The number of nitrogens with one attached hydrogen (secondary N) is 1. The molecule has 8 heteroatoms. The molecule has 0 aliphatic heterocycles. The maximum absolute atomic E-state index is 15.3. The number of esters is 1. The summed E-state index contributed by atoms with van der Waals surface area (Å²) < 4.78 is 30.8. The number of nitrogen functional groups attached to an aromatic ring is 1. The van der Waals surface area contributed by atoms with Crippen LogP contribution >= 0.6 is 0 Å². The van der Waals surface area contributed by atoms with Crippen molar-refractivity contribution in [2.24, 2.45) is 0 Å². The van der Waals surface area contributed by atoms with Crippen LogP contribution in [0.5, 0.6) is 5.75 Å². The number of H-pyrrole nitrogens is 1. The summed E-state index contributed by atoms with van der Waals surface area (Å²) in [5.74, 6) is -0.503. The van der Waals surface area contributed by atoms with Gasteiger partial charge in [-0.25, -0.2) is 9.18 Å². The fraction of sp³-hybridized carbons (Fsp3) is 0.294. The van der Waals surface area contributed by atoms with Crippen molar-refractivity contribution in [2.45, 2.75) is 20.8 Å². The van der Waals surface area contributed by atoms with Crippen LogP contribution in [-0.2, 0) is 4.74 Å². The zero-order valence-corrected chi connectivity index (χ0v) is 14.3. The first-order valence-corrected chi connectivity index (χ1v) is 7.68. The van der Waals surface area contributed by atoms with Gasteiger partial charge >= 0.3 is 5.97 Å². The molecule has 0 radical (unpaired) electrons. The van der Waals surface area contributed by atoms with Crippen molar-refractivity contribution >= 4 is 22.7 Å². The number of ether oxygens (including phenoxy) is 2. The number of fused-ring (bicyclic) bond motifs is 1. The third kappa shape index (κ3) is 2.50. The van der Waals surface area contributed by atoms with Gasteiger partial charge in [0.05, 0.1) is 36.1 Å². The summed E-state index contributed by atoms with van der Waals surface area (Å²) in [5.41, 5.74) is 7.28. The van der Waals surface area contributed by atoms with Gasteiger partial charge in [-0.05, 0) is 26.8 Å². The number of hydrogen-bond donors (Lipinski definition) is 2. The van der Waals surface area contributed by atoms with Crippen LogP contribution in [-0.4, -0.2) is 29.8 Å². The number of benzene rings is 1. The van der Waals surface area contributed by atoms with Crippen molar-refractivity contribution in [1.82, 2.24) is 10.1 Å². The van der Waals surface area contributed by atoms with E-state index in [0.717, 1.165) is 0 Å². The third-order valence-corrected chi connectivity index (χ3v) is 4.01. The number of nitrogens with zero attached hydrogens (tertiary/aromatic N) is 1. The molecule has 0 fully saturated rings. The van der Waals surface area contributed by atoms with Gasteiger partial charge in [-0.1, -0.05) is 5.16 Å². The topological polar surface area (TPSA) is 103 Å². The van der Waals surface area contributed by atoms with Gasteiger partial charge in [0.2, 0.25) is 0 Å². The van der Waals surface area contributed by atoms with Gasteiger partial charge in [0.1, 0.15) is 22.9 Å². The van der Waals surface area contributed by atoms with Crippen LogP contribution in [0.1, 0.15) is 28.7 Å². The molecule has 0 bridgehead atoms. The molecule has 2 heterocycles. The molecule has 3 rings (SSSR count). The second kappa shape index (κ2) is 6.12. The maximum Gasteiger partial charge on any atom is 0.342 e. The molecule has 0 amide bonds. The largest absolute Gasteiger partial charge is 0.496 e. The highest BCUT2D eigenvalue weighted by atomic mass is 19.1. The van der Waals surface area contributed by atoms with E-state index in [1.165, 1.54) is 7.11 Å². The minimum atomic E-state index is -0.627. The van der Waals surface area contributed by atoms with E-state index in [-0.39, 0.29) is 34.8 Å². The highest BCUT2D eigenvalue weighted by Gasteiger charge is 2.27. The van der Waals surface area contributed by atoms with E-state index in [4.69, 9.17) is 19.7 Å². The number of rotatable bonds is 4. The van der Waals surface area contributed by atoms with Crippen LogP contribution in [0.4, 0.5) is 10.2 Å². The monoisotopic (exact) mass is 347 g/mol. The van der Waals surface area contributed by atoms with Gasteiger partial charge in [-0.15, -0.1) is 0 Å². The lowest BCUT2D eigenvalue weighted by molar-refractivity contribution is 0.0530. The minimum Gasteiger partial charge on any atom is -0.496 e. The molecule has 1 aromatic carbocycles. The second-order valence-electron chi connectivity index (χ2n) is 5.52. The molecule has 0 spiro atoms. The van der Waals surface area contributed by atoms with Gasteiger partial charge in [-0.3, -0.25) is 0 Å². The first-order chi connectivity index (χ1) is 11.9. The van der Waals surface area contributed by atoms with E-state index in [2.05, 4.69) is 10.1 Å². The smallest absolute Gasteiger partial charge is 0.342 e. The van der Waals surface area contributed by atoms with Crippen LogP contribution in [0.3, 0.4) is 0 Å². The molecular weight excluding hydrogens is 329 g/mol. The molecule has 3 aromatic rings. The highest BCUT2D eigenvalue weighted by Crippen LogP contribution is 2.42. The van der Waals surface area contributed by atoms with Crippen molar-refractivity contribution < 1.29 is 23.2 Å². The molecule has 0 aliphatic carbocycles. The number of methoxy groups -OCH3 is 1. The number of aromatic amines is 1. The van der Waals surface area contributed by atoms with Crippen molar-refractivity contribution in [2.75, 3.05) is 19.5 Å². The molecule has 132 valence electrons. The Bertz CT molecular complexity index is 955. The third-order valence-electron chi connectivity index (χ3n) is 4.01. The van der Waals surface area contributed by atoms with Crippen molar-refractivity contribution in [1.29, 1.82) is 0 Å². The lowest BCUT2D eigenvalue weighted by Crippen LogP contribution is -2.06. The van der Waals surface area contributed by atoms with Crippen LogP contribution in [0.25, 0.3) is 22.0 Å². The molecule has 25 heavy (non-hydrogen) atoms. The summed E-state index contributed by atoms with van der Waals surface area (Å²) in [5, 5.41) is 4.15. The number of aryl methyl sites for hydroxylation is 2. The lowest BCUT2D eigenvalue weighted by Gasteiger charge is -2.11. The number of aromatic nitrogens is 2. The number of halogens is 1. The Hall–Kier alpha value is -3.03. The van der Waals surface area contributed by atoms with E-state index >= 15 is 4.39 Å². The summed E-state index contributed by atoms with van der Waals surface area (Å²) in [4.78, 5) is 14.9. The zero-order valence-electron chi connectivity index (χ0n) is 14.3. The fourth-order valence-electron chi connectivity index (χ4n) is 2.95. The number of carbonyl (C=O) groups is 1.